The third-order valence-corrected chi connectivity index (χ3v) is 12.0. The second-order valence-electron chi connectivity index (χ2n) is 19.1. The van der Waals surface area contributed by atoms with Crippen molar-refractivity contribution >= 4 is 17.9 Å². The monoisotopic (exact) mass is 1030 g/mol. The number of allylic oxidation sites excluding steroid dienone is 26. The van der Waals surface area contributed by atoms with Crippen LogP contribution in [0.25, 0.3) is 0 Å². The van der Waals surface area contributed by atoms with Crippen LogP contribution < -0.4 is 0 Å². The van der Waals surface area contributed by atoms with E-state index in [-0.39, 0.29) is 31.6 Å². The van der Waals surface area contributed by atoms with Crippen LogP contribution in [0.2, 0.25) is 0 Å². The first kappa shape index (κ1) is 70.0. The minimum absolute atomic E-state index is 0.120. The molecule has 0 amide bonds. The first-order valence-electron chi connectivity index (χ1n) is 30.0. The van der Waals surface area contributed by atoms with Crippen LogP contribution >= 0.6 is 0 Å². The Balaban J connectivity index is 4.32. The summed E-state index contributed by atoms with van der Waals surface area (Å²) >= 11 is 0. The predicted molar refractivity (Wildman–Crippen MR) is 325 cm³/mol. The van der Waals surface area contributed by atoms with Gasteiger partial charge in [-0.25, -0.2) is 0 Å². The molecule has 0 saturated heterocycles. The number of carbonyl (C=O) groups excluding carboxylic acids is 3. The van der Waals surface area contributed by atoms with Gasteiger partial charge in [-0.1, -0.05) is 249 Å². The second-order valence-corrected chi connectivity index (χ2v) is 19.1. The molecule has 0 fully saturated rings. The van der Waals surface area contributed by atoms with Gasteiger partial charge in [0.15, 0.2) is 6.10 Å². The summed E-state index contributed by atoms with van der Waals surface area (Å²) in [6.07, 6.45) is 89.8. The lowest BCUT2D eigenvalue weighted by molar-refractivity contribution is -0.166. The molecule has 0 N–H and O–H groups in total. The van der Waals surface area contributed by atoms with Gasteiger partial charge in [0.25, 0.3) is 0 Å². The summed E-state index contributed by atoms with van der Waals surface area (Å²) < 4.78 is 16.8. The van der Waals surface area contributed by atoms with E-state index in [0.29, 0.717) is 19.3 Å². The summed E-state index contributed by atoms with van der Waals surface area (Å²) in [5, 5.41) is 0. The van der Waals surface area contributed by atoms with Crippen molar-refractivity contribution in [3.8, 4) is 0 Å². The number of ether oxygens (including phenoxy) is 3. The SMILES string of the molecule is CC/C=C\C/C=C\C/C=C\C/C=C\C/C=C\C/C=C\C/C=C\CCCCCCCCCCCC(=O)OCC(COC(=O)CCCCCCC/C=C\C/C=C\CCC)OC(=O)CC/C=C\C/C=C\C/C=C\C/C=C\CC. The van der Waals surface area contributed by atoms with Crippen LogP contribution in [0.1, 0.15) is 239 Å². The third kappa shape index (κ3) is 59.8. The fourth-order valence-electron chi connectivity index (χ4n) is 7.59. The quantitative estimate of drug-likeness (QED) is 0.0261. The Bertz CT molecular complexity index is 1710. The van der Waals surface area contributed by atoms with E-state index in [2.05, 4.69) is 167 Å². The van der Waals surface area contributed by atoms with Crippen LogP contribution in [-0.4, -0.2) is 37.2 Å². The average Bonchev–Trinajstić information content (AvgIpc) is 3.41. The molecule has 6 nitrogen and oxygen atoms in total. The lowest BCUT2D eigenvalue weighted by Crippen LogP contribution is -2.30. The average molecular weight is 1030 g/mol. The van der Waals surface area contributed by atoms with Crippen molar-refractivity contribution in [3.05, 3.63) is 158 Å². The van der Waals surface area contributed by atoms with Crippen molar-refractivity contribution in [2.24, 2.45) is 0 Å². The molecule has 0 aliphatic heterocycles. The number of hydrogen-bond donors (Lipinski definition) is 0. The molecule has 1 unspecified atom stereocenters. The Morgan fingerprint density at radius 1 is 0.280 bits per heavy atom. The maximum atomic E-state index is 12.8. The fraction of sp³-hybridized carbons (Fsp3) is 0.580. The smallest absolute Gasteiger partial charge is 0.306 e. The largest absolute Gasteiger partial charge is 0.462 e. The highest BCUT2D eigenvalue weighted by Gasteiger charge is 2.19. The first-order chi connectivity index (χ1) is 37.0. The van der Waals surface area contributed by atoms with Gasteiger partial charge >= 0.3 is 17.9 Å². The Kier molecular flexibility index (Phi) is 57.5. The van der Waals surface area contributed by atoms with Gasteiger partial charge in [0.1, 0.15) is 13.2 Å². The molecule has 0 saturated carbocycles. The summed E-state index contributed by atoms with van der Waals surface area (Å²) in [6.45, 7) is 6.25. The Morgan fingerprint density at radius 2 is 0.547 bits per heavy atom. The molecule has 0 aliphatic rings. The minimum atomic E-state index is -0.831. The van der Waals surface area contributed by atoms with E-state index in [0.717, 1.165) is 148 Å². The van der Waals surface area contributed by atoms with Gasteiger partial charge in [-0.05, 0) is 128 Å². The normalized spacial score (nSPS) is 13.3. The van der Waals surface area contributed by atoms with Crippen LogP contribution in [0.5, 0.6) is 0 Å². The highest BCUT2D eigenvalue weighted by Crippen LogP contribution is 2.14. The highest BCUT2D eigenvalue weighted by atomic mass is 16.6. The van der Waals surface area contributed by atoms with E-state index < -0.39 is 12.1 Å². The molecule has 0 aromatic carbocycles. The maximum absolute atomic E-state index is 12.8. The van der Waals surface area contributed by atoms with Gasteiger partial charge < -0.3 is 14.2 Å². The van der Waals surface area contributed by atoms with Crippen LogP contribution in [0.3, 0.4) is 0 Å². The van der Waals surface area contributed by atoms with E-state index >= 15 is 0 Å². The van der Waals surface area contributed by atoms with E-state index in [1.54, 1.807) is 0 Å². The van der Waals surface area contributed by atoms with Crippen molar-refractivity contribution in [2.75, 3.05) is 13.2 Å². The van der Waals surface area contributed by atoms with Crippen molar-refractivity contribution in [1.82, 2.24) is 0 Å². The van der Waals surface area contributed by atoms with E-state index in [9.17, 15) is 14.4 Å². The first-order valence-corrected chi connectivity index (χ1v) is 30.0. The number of carbonyl (C=O) groups is 3. The van der Waals surface area contributed by atoms with E-state index in [4.69, 9.17) is 14.2 Å². The highest BCUT2D eigenvalue weighted by molar-refractivity contribution is 5.71. The zero-order valence-electron chi connectivity index (χ0n) is 48.0. The van der Waals surface area contributed by atoms with E-state index in [1.807, 2.05) is 12.2 Å². The van der Waals surface area contributed by atoms with Gasteiger partial charge in [0, 0.05) is 19.3 Å². The standard InChI is InChI=1S/C69H108O6/c1-4-7-10-13-16-19-22-25-26-27-28-29-30-31-32-33-34-35-36-37-38-39-40-41-42-45-47-50-53-56-59-62-68(71)74-65-66(75-69(72)63-60-57-54-51-48-44-24-21-18-15-12-9-6-3)64-73-67(70)61-58-55-52-49-46-43-23-20-17-14-11-8-5-2/h7,9-12,14,16,18-21,23,25-26,28-29,31-32,34-35,37-38,44,48,54,57,66H,4-6,8,13,15,17,22,24,27,30,33,36,39-43,45-47,49-53,55-56,58-65H2,1-3H3/b10-7-,12-9-,14-11-,19-16-,21-18-,23-20-,26-25-,29-28-,32-31-,35-34-,38-37-,48-44-,57-54-. The molecule has 0 aliphatic carbocycles. The van der Waals surface area contributed by atoms with Gasteiger partial charge in [-0.15, -0.1) is 0 Å². The Morgan fingerprint density at radius 3 is 0.867 bits per heavy atom. The maximum Gasteiger partial charge on any atom is 0.306 e. The molecule has 75 heavy (non-hydrogen) atoms. The molecule has 0 aromatic heterocycles. The molecule has 0 bridgehead atoms. The van der Waals surface area contributed by atoms with Gasteiger partial charge in [-0.2, -0.15) is 0 Å². The van der Waals surface area contributed by atoms with Gasteiger partial charge in [0.05, 0.1) is 0 Å². The summed E-state index contributed by atoms with van der Waals surface area (Å²) in [7, 11) is 0. The molecule has 6 heteroatoms. The number of esters is 3. The molecular weight excluding hydrogens is 925 g/mol. The van der Waals surface area contributed by atoms with Crippen molar-refractivity contribution < 1.29 is 28.6 Å². The van der Waals surface area contributed by atoms with Crippen molar-refractivity contribution in [1.29, 1.82) is 0 Å². The van der Waals surface area contributed by atoms with Crippen LogP contribution in [-0.2, 0) is 28.6 Å². The summed E-state index contributed by atoms with van der Waals surface area (Å²) in [5.41, 5.74) is 0. The number of rotatable bonds is 52. The lowest BCUT2D eigenvalue weighted by atomic mass is 10.1. The topological polar surface area (TPSA) is 78.9 Å². The molecule has 0 heterocycles. The summed E-state index contributed by atoms with van der Waals surface area (Å²) in [5.74, 6) is -1.03. The molecule has 0 aromatic rings. The predicted octanol–water partition coefficient (Wildman–Crippen LogP) is 20.5. The number of hydrogen-bond acceptors (Lipinski definition) is 6. The molecule has 0 spiro atoms. The zero-order chi connectivity index (χ0) is 54.3. The van der Waals surface area contributed by atoms with Crippen molar-refractivity contribution in [2.45, 2.75) is 245 Å². The number of unbranched alkanes of at least 4 members (excludes halogenated alkanes) is 15. The molecule has 0 rings (SSSR count). The molecule has 0 radical (unpaired) electrons. The lowest BCUT2D eigenvalue weighted by Gasteiger charge is -2.18. The van der Waals surface area contributed by atoms with E-state index in [1.165, 1.54) is 44.9 Å². The zero-order valence-corrected chi connectivity index (χ0v) is 48.0. The molecular formula is C69H108O6. The summed E-state index contributed by atoms with van der Waals surface area (Å²) in [4.78, 5) is 38.1. The third-order valence-electron chi connectivity index (χ3n) is 12.0. The minimum Gasteiger partial charge on any atom is -0.462 e. The van der Waals surface area contributed by atoms with Gasteiger partial charge in [0.2, 0.25) is 0 Å². The summed E-state index contributed by atoms with van der Waals surface area (Å²) in [6, 6.07) is 0. The second kappa shape index (κ2) is 61.6. The molecule has 420 valence electrons. The Labute approximate surface area is 460 Å². The van der Waals surface area contributed by atoms with Crippen molar-refractivity contribution in [3.63, 3.8) is 0 Å². The van der Waals surface area contributed by atoms with Gasteiger partial charge in [-0.3, -0.25) is 14.4 Å². The Hall–Kier alpha value is -4.97. The van der Waals surface area contributed by atoms with Crippen LogP contribution in [0.15, 0.2) is 158 Å². The van der Waals surface area contributed by atoms with Crippen LogP contribution in [0.4, 0.5) is 0 Å². The molecule has 1 atom stereocenters. The fourth-order valence-corrected chi connectivity index (χ4v) is 7.59. The van der Waals surface area contributed by atoms with Crippen LogP contribution in [0, 0.1) is 0 Å².